The van der Waals surface area contributed by atoms with E-state index in [-0.39, 0.29) is 54.3 Å². The first-order valence-electron chi connectivity index (χ1n) is 25.2. The van der Waals surface area contributed by atoms with E-state index in [9.17, 15) is 0 Å². The fraction of sp³-hybridized carbons (Fsp3) is 0.158. The van der Waals surface area contributed by atoms with Crippen LogP contribution in [0.3, 0.4) is 0 Å². The molecule has 6 heteroatoms. The second kappa shape index (κ2) is 16.9. The van der Waals surface area contributed by atoms with Gasteiger partial charge < -0.3 is 18.4 Å². The molecule has 0 saturated heterocycles. The first-order valence-corrected chi connectivity index (χ1v) is 20.7. The Kier molecular flexibility index (Phi) is 8.64. The van der Waals surface area contributed by atoms with Crippen LogP contribution in [0.25, 0.3) is 94.4 Å². The van der Waals surface area contributed by atoms with Crippen LogP contribution in [-0.2, 0) is 20.1 Å². The molecule has 0 aliphatic carbocycles. The minimum atomic E-state index is -2.61. The van der Waals surface area contributed by atoms with Crippen molar-refractivity contribution in [3.8, 4) is 39.5 Å². The number of para-hydroxylation sites is 4. The van der Waals surface area contributed by atoms with E-state index in [2.05, 4.69) is 134 Å². The first-order chi connectivity index (χ1) is 33.8. The standard InChI is InChI=1S/C43H33N2O2.C14H14N.Ir/c1-25(2)34-22-28(27-20-21-31-29-12-5-9-18-38(29)46-40(31)24-27)23-35(26(3)4)41(34)45-37-17-8-7-16-36(37)44-43(45)33-15-11-14-32-30-13-6-10-19-39(30)47-42(32)33;1-10-4-6-13(7-5-10)14-8-11(2)12(3)9-15-14;/h5-14,16-26H,1-4H3;4-6,8-9H,1-3H3;/q2*-1;/i;1D3,2D3,3D3;. The Balaban J connectivity index is 0.000000218. The van der Waals surface area contributed by atoms with Crippen molar-refractivity contribution in [1.29, 1.82) is 0 Å². The van der Waals surface area contributed by atoms with E-state index in [1.807, 2.05) is 30.3 Å². The molecule has 4 aromatic heterocycles. The fourth-order valence-corrected chi connectivity index (χ4v) is 8.35. The number of aromatic nitrogens is 3. The van der Waals surface area contributed by atoms with E-state index in [0.29, 0.717) is 5.56 Å². The summed E-state index contributed by atoms with van der Waals surface area (Å²) in [6.07, 6.45) is 1.02. The van der Waals surface area contributed by atoms with Crippen LogP contribution < -0.4 is 0 Å². The summed E-state index contributed by atoms with van der Waals surface area (Å²) >= 11 is 0. The van der Waals surface area contributed by atoms with Crippen LogP contribution in [-0.4, -0.2) is 14.5 Å². The van der Waals surface area contributed by atoms with Gasteiger partial charge in [-0.3, -0.25) is 4.98 Å². The van der Waals surface area contributed by atoms with Gasteiger partial charge in [-0.2, -0.15) is 0 Å². The van der Waals surface area contributed by atoms with Crippen molar-refractivity contribution in [3.63, 3.8) is 0 Å². The van der Waals surface area contributed by atoms with Crippen molar-refractivity contribution >= 4 is 54.9 Å². The normalized spacial score (nSPS) is 14.3. The van der Waals surface area contributed by atoms with Crippen molar-refractivity contribution in [2.24, 2.45) is 0 Å². The van der Waals surface area contributed by atoms with Gasteiger partial charge in [0.05, 0.1) is 22.4 Å². The molecule has 0 fully saturated rings. The molecule has 0 aliphatic rings. The van der Waals surface area contributed by atoms with Gasteiger partial charge in [0.1, 0.15) is 16.7 Å². The number of pyridine rings is 1. The van der Waals surface area contributed by atoms with Crippen LogP contribution >= 0.6 is 0 Å². The third kappa shape index (κ3) is 7.58. The van der Waals surface area contributed by atoms with Crippen LogP contribution in [0, 0.1) is 32.7 Å². The van der Waals surface area contributed by atoms with Crippen LogP contribution in [0.4, 0.5) is 0 Å². The predicted octanol–water partition coefficient (Wildman–Crippen LogP) is 15.7. The molecule has 0 N–H and O–H groups in total. The van der Waals surface area contributed by atoms with E-state index in [1.165, 1.54) is 46.6 Å². The number of furan rings is 2. The number of fused-ring (bicyclic) bond motifs is 7. The van der Waals surface area contributed by atoms with Crippen LogP contribution in [0.15, 0.2) is 155 Å². The molecule has 0 saturated carbocycles. The third-order valence-electron chi connectivity index (χ3n) is 11.5. The smallest absolute Gasteiger partial charge is 0.136 e. The fourth-order valence-electron chi connectivity index (χ4n) is 8.35. The summed E-state index contributed by atoms with van der Waals surface area (Å²) < 4.78 is 82.1. The summed E-state index contributed by atoms with van der Waals surface area (Å²) in [6.45, 7) is 1.64. The summed E-state index contributed by atoms with van der Waals surface area (Å²) in [6, 6.07) is 51.9. The summed E-state index contributed by atoms with van der Waals surface area (Å²) in [4.78, 5) is 9.27. The van der Waals surface area contributed by atoms with Gasteiger partial charge in [0.2, 0.25) is 0 Å². The molecule has 11 rings (SSSR count). The van der Waals surface area contributed by atoms with Gasteiger partial charge in [0.15, 0.2) is 0 Å². The summed E-state index contributed by atoms with van der Waals surface area (Å²) in [5.74, 6) is 1.32. The minimum Gasteiger partial charge on any atom is -0.501 e. The number of imidazole rings is 1. The molecule has 7 aromatic carbocycles. The van der Waals surface area contributed by atoms with E-state index in [4.69, 9.17) is 26.2 Å². The second-order valence-electron chi connectivity index (χ2n) is 16.2. The molecule has 5 nitrogen and oxygen atoms in total. The molecule has 0 unspecified atom stereocenters. The van der Waals surface area contributed by atoms with E-state index in [1.54, 1.807) is 0 Å². The SMILES string of the molecule is CC(C)c1cc(-c2ccc3c(c2)oc2ccccc23)cc(C(C)C)c1-n1c(-c2[c-]ccc3c2oc2ccccc23)nc2ccccc21.[2H]C([2H])([2H])c1c[c-]c(-c2cc(C([2H])([2H])[2H])c(C([2H])([2H])[2H])cn2)cc1.[Ir]. The van der Waals surface area contributed by atoms with Crippen LogP contribution in [0.1, 0.15) is 79.7 Å². The molecule has 63 heavy (non-hydrogen) atoms. The van der Waals surface area contributed by atoms with Crippen molar-refractivity contribution < 1.29 is 41.3 Å². The molecule has 4 heterocycles. The van der Waals surface area contributed by atoms with Crippen molar-refractivity contribution in [2.75, 3.05) is 0 Å². The molecular weight excluding hydrogens is 951 g/mol. The van der Waals surface area contributed by atoms with Gasteiger partial charge in [0, 0.05) is 60.5 Å². The Morgan fingerprint density at radius 2 is 1.32 bits per heavy atom. The Hall–Kier alpha value is -6.59. The molecule has 313 valence electrons. The Morgan fingerprint density at radius 3 is 2.03 bits per heavy atom. The van der Waals surface area contributed by atoms with E-state index < -0.39 is 20.6 Å². The maximum atomic E-state index is 7.54. The molecule has 0 bridgehead atoms. The van der Waals surface area contributed by atoms with Crippen molar-refractivity contribution in [1.82, 2.24) is 14.5 Å². The molecular formula is C57H47IrN3O2-2. The van der Waals surface area contributed by atoms with Crippen molar-refractivity contribution in [2.45, 2.75) is 60.1 Å². The van der Waals surface area contributed by atoms with Gasteiger partial charge in [-0.15, -0.1) is 53.6 Å². The maximum Gasteiger partial charge on any atom is 0.136 e. The summed E-state index contributed by atoms with van der Waals surface area (Å²) in [7, 11) is 0. The average Bonchev–Trinajstić information content (AvgIpc) is 4.04. The monoisotopic (exact) mass is 1010 g/mol. The minimum absolute atomic E-state index is 0. The maximum absolute atomic E-state index is 7.54. The second-order valence-corrected chi connectivity index (χ2v) is 16.2. The number of rotatable bonds is 6. The number of aryl methyl sites for hydroxylation is 3. The van der Waals surface area contributed by atoms with Gasteiger partial charge in [-0.25, -0.2) is 0 Å². The molecule has 11 aromatic rings. The zero-order valence-electron chi connectivity index (χ0n) is 44.0. The Morgan fingerprint density at radius 1 is 0.619 bits per heavy atom. The Labute approximate surface area is 394 Å². The van der Waals surface area contributed by atoms with Gasteiger partial charge in [0.25, 0.3) is 0 Å². The van der Waals surface area contributed by atoms with Gasteiger partial charge in [-0.1, -0.05) is 112 Å². The number of hydrogen-bond donors (Lipinski definition) is 0. The quantitative estimate of drug-likeness (QED) is 0.156. The average molecular weight is 1010 g/mol. The predicted molar refractivity (Wildman–Crippen MR) is 256 cm³/mol. The van der Waals surface area contributed by atoms with Crippen LogP contribution in [0.5, 0.6) is 0 Å². The topological polar surface area (TPSA) is 57.0 Å². The zero-order chi connectivity index (χ0) is 50.1. The molecule has 0 amide bonds. The van der Waals surface area contributed by atoms with Gasteiger partial charge in [-0.05, 0) is 108 Å². The molecule has 0 atom stereocenters. The van der Waals surface area contributed by atoms with E-state index >= 15 is 0 Å². The van der Waals surface area contributed by atoms with Gasteiger partial charge >= 0.3 is 0 Å². The Bertz CT molecular complexity index is 3780. The largest absolute Gasteiger partial charge is 0.501 e. The van der Waals surface area contributed by atoms with Crippen LogP contribution in [0.2, 0.25) is 0 Å². The number of benzene rings is 7. The third-order valence-corrected chi connectivity index (χ3v) is 11.5. The molecule has 0 spiro atoms. The summed E-state index contributed by atoms with van der Waals surface area (Å²) in [5.41, 5.74) is 12.4. The number of nitrogens with zero attached hydrogens (tertiary/aromatic N) is 3. The van der Waals surface area contributed by atoms with E-state index in [0.717, 1.165) is 78.1 Å². The number of hydrogen-bond acceptors (Lipinski definition) is 4. The zero-order valence-corrected chi connectivity index (χ0v) is 37.4. The summed E-state index contributed by atoms with van der Waals surface area (Å²) in [5, 5.41) is 4.44. The first kappa shape index (κ1) is 32.1. The van der Waals surface area contributed by atoms with Crippen molar-refractivity contribution in [3.05, 3.63) is 186 Å². The molecule has 0 aliphatic heterocycles. The molecule has 1 radical (unpaired) electrons.